The minimum atomic E-state index is -0.00449. The molecule has 0 N–H and O–H groups in total. The summed E-state index contributed by atoms with van der Waals surface area (Å²) in [6.45, 7) is 4.55. The molecule has 0 aliphatic rings. The minimum absolute atomic E-state index is 0.00449. The molecule has 3 nitrogen and oxygen atoms in total. The fraction of sp³-hybridized carbons (Fsp3) is 0.385. The molecule has 0 heterocycles. The van der Waals surface area contributed by atoms with Crippen molar-refractivity contribution in [3.8, 4) is 6.07 Å². The van der Waals surface area contributed by atoms with Gasteiger partial charge < -0.3 is 4.90 Å². The van der Waals surface area contributed by atoms with Gasteiger partial charge in [0.05, 0.1) is 12.0 Å². The number of anilines is 1. The van der Waals surface area contributed by atoms with Gasteiger partial charge in [0, 0.05) is 24.8 Å². The van der Waals surface area contributed by atoms with Crippen molar-refractivity contribution in [3.05, 3.63) is 29.3 Å². The molecular formula is C13H16N2O. The van der Waals surface area contributed by atoms with Crippen molar-refractivity contribution in [2.45, 2.75) is 13.8 Å². The van der Waals surface area contributed by atoms with Crippen molar-refractivity contribution in [1.29, 1.82) is 5.26 Å². The minimum Gasteiger partial charge on any atom is -0.373 e. The van der Waals surface area contributed by atoms with Crippen LogP contribution in [0.4, 0.5) is 5.69 Å². The Morgan fingerprint density at radius 1 is 1.56 bits per heavy atom. The van der Waals surface area contributed by atoms with Gasteiger partial charge in [-0.1, -0.05) is 0 Å². The third kappa shape index (κ3) is 2.83. The number of benzene rings is 1. The molecule has 1 rings (SSSR count). The molecule has 0 aromatic heterocycles. The molecule has 1 unspecified atom stereocenters. The zero-order chi connectivity index (χ0) is 12.1. The zero-order valence-corrected chi connectivity index (χ0v) is 9.90. The Labute approximate surface area is 96.3 Å². The topological polar surface area (TPSA) is 44.1 Å². The van der Waals surface area contributed by atoms with E-state index in [0.29, 0.717) is 12.1 Å². The summed E-state index contributed by atoms with van der Waals surface area (Å²) in [7, 11) is 1.96. The number of aldehydes is 1. The van der Waals surface area contributed by atoms with E-state index < -0.39 is 0 Å². The maximum absolute atomic E-state index is 10.6. The van der Waals surface area contributed by atoms with Crippen LogP contribution in [0.5, 0.6) is 0 Å². The normalized spacial score (nSPS) is 11.6. The third-order valence-electron chi connectivity index (χ3n) is 2.54. The molecule has 0 saturated carbocycles. The summed E-state index contributed by atoms with van der Waals surface area (Å²) in [5.74, 6) is -0.00449. The van der Waals surface area contributed by atoms with Gasteiger partial charge in [0.2, 0.25) is 0 Å². The smallest absolute Gasteiger partial charge is 0.150 e. The summed E-state index contributed by atoms with van der Waals surface area (Å²) in [4.78, 5) is 12.6. The van der Waals surface area contributed by atoms with E-state index in [0.717, 1.165) is 17.5 Å². The Morgan fingerprint density at radius 2 is 2.25 bits per heavy atom. The largest absolute Gasteiger partial charge is 0.373 e. The number of carbonyl (C=O) groups is 1. The monoisotopic (exact) mass is 216 g/mol. The molecule has 0 aliphatic carbocycles. The standard InChI is InChI=1S/C13H16N2O/c1-10(7-14)8-15(3)13-5-4-12(9-16)6-11(13)2/h4-6,9-10H,8H2,1-3H3. The fourth-order valence-electron chi connectivity index (χ4n) is 1.73. The van der Waals surface area contributed by atoms with Gasteiger partial charge in [0.15, 0.2) is 0 Å². The first-order chi connectivity index (χ1) is 7.58. The number of rotatable bonds is 4. The number of nitriles is 1. The Bertz CT molecular complexity index is 420. The van der Waals surface area contributed by atoms with E-state index in [4.69, 9.17) is 5.26 Å². The number of hydrogen-bond acceptors (Lipinski definition) is 3. The van der Waals surface area contributed by atoms with Crippen molar-refractivity contribution in [2.75, 3.05) is 18.5 Å². The van der Waals surface area contributed by atoms with E-state index in [1.807, 2.05) is 37.9 Å². The van der Waals surface area contributed by atoms with Gasteiger partial charge in [-0.25, -0.2) is 0 Å². The molecule has 0 saturated heterocycles. The second-order valence-corrected chi connectivity index (χ2v) is 4.07. The number of hydrogen-bond donors (Lipinski definition) is 0. The molecule has 0 amide bonds. The summed E-state index contributed by atoms with van der Waals surface area (Å²) in [5.41, 5.74) is 2.80. The molecule has 16 heavy (non-hydrogen) atoms. The Morgan fingerprint density at radius 3 is 2.75 bits per heavy atom. The van der Waals surface area contributed by atoms with E-state index in [1.54, 1.807) is 6.07 Å². The quantitative estimate of drug-likeness (QED) is 0.726. The molecular weight excluding hydrogens is 200 g/mol. The van der Waals surface area contributed by atoms with Crippen LogP contribution in [0.2, 0.25) is 0 Å². The molecule has 3 heteroatoms. The van der Waals surface area contributed by atoms with E-state index in [2.05, 4.69) is 6.07 Å². The molecule has 1 aromatic rings. The summed E-state index contributed by atoms with van der Waals surface area (Å²) >= 11 is 0. The fourth-order valence-corrected chi connectivity index (χ4v) is 1.73. The first kappa shape index (κ1) is 12.3. The maximum Gasteiger partial charge on any atom is 0.150 e. The van der Waals surface area contributed by atoms with Crippen LogP contribution < -0.4 is 4.90 Å². The van der Waals surface area contributed by atoms with Crippen molar-refractivity contribution >= 4 is 12.0 Å². The molecule has 0 bridgehead atoms. The van der Waals surface area contributed by atoms with Crippen LogP contribution in [-0.4, -0.2) is 19.9 Å². The molecule has 84 valence electrons. The van der Waals surface area contributed by atoms with Gasteiger partial charge in [0.1, 0.15) is 6.29 Å². The zero-order valence-electron chi connectivity index (χ0n) is 9.90. The Hall–Kier alpha value is -1.82. The number of aryl methyl sites for hydroxylation is 1. The molecule has 0 spiro atoms. The summed E-state index contributed by atoms with van der Waals surface area (Å²) in [6, 6.07) is 7.78. The van der Waals surface area contributed by atoms with Crippen LogP contribution in [0, 0.1) is 24.2 Å². The van der Waals surface area contributed by atoms with Gasteiger partial charge in [-0.05, 0) is 37.6 Å². The number of nitrogens with zero attached hydrogens (tertiary/aromatic N) is 2. The van der Waals surface area contributed by atoms with Crippen molar-refractivity contribution in [3.63, 3.8) is 0 Å². The Kier molecular flexibility index (Phi) is 4.07. The van der Waals surface area contributed by atoms with Crippen LogP contribution in [0.3, 0.4) is 0 Å². The van der Waals surface area contributed by atoms with Gasteiger partial charge in [-0.3, -0.25) is 4.79 Å². The molecule has 1 aromatic carbocycles. The molecule has 0 fully saturated rings. The predicted octanol–water partition coefficient (Wildman–Crippen LogP) is 2.40. The summed E-state index contributed by atoms with van der Waals surface area (Å²) < 4.78 is 0. The summed E-state index contributed by atoms with van der Waals surface area (Å²) in [5, 5.41) is 8.76. The number of carbonyl (C=O) groups excluding carboxylic acids is 1. The maximum atomic E-state index is 10.6. The highest BCUT2D eigenvalue weighted by Crippen LogP contribution is 2.20. The predicted molar refractivity (Wildman–Crippen MR) is 64.6 cm³/mol. The van der Waals surface area contributed by atoms with Crippen molar-refractivity contribution in [1.82, 2.24) is 0 Å². The van der Waals surface area contributed by atoms with Crippen LogP contribution >= 0.6 is 0 Å². The third-order valence-corrected chi connectivity index (χ3v) is 2.54. The van der Waals surface area contributed by atoms with E-state index >= 15 is 0 Å². The second kappa shape index (κ2) is 5.32. The SMILES string of the molecule is Cc1cc(C=O)ccc1N(C)CC(C)C#N. The van der Waals surface area contributed by atoms with Crippen LogP contribution in [0.25, 0.3) is 0 Å². The van der Waals surface area contributed by atoms with E-state index in [9.17, 15) is 4.79 Å². The highest BCUT2D eigenvalue weighted by Gasteiger charge is 2.08. The Balaban J connectivity index is 2.88. The van der Waals surface area contributed by atoms with Gasteiger partial charge in [-0.2, -0.15) is 5.26 Å². The van der Waals surface area contributed by atoms with E-state index in [-0.39, 0.29) is 5.92 Å². The van der Waals surface area contributed by atoms with Crippen molar-refractivity contribution in [2.24, 2.45) is 5.92 Å². The van der Waals surface area contributed by atoms with Crippen LogP contribution in [0.15, 0.2) is 18.2 Å². The van der Waals surface area contributed by atoms with Crippen molar-refractivity contribution < 1.29 is 4.79 Å². The molecule has 1 atom stereocenters. The van der Waals surface area contributed by atoms with E-state index in [1.165, 1.54) is 0 Å². The average molecular weight is 216 g/mol. The first-order valence-electron chi connectivity index (χ1n) is 5.25. The van der Waals surface area contributed by atoms with Crippen LogP contribution in [-0.2, 0) is 0 Å². The molecule has 0 aliphatic heterocycles. The lowest BCUT2D eigenvalue weighted by molar-refractivity contribution is 0.112. The first-order valence-corrected chi connectivity index (χ1v) is 5.25. The highest BCUT2D eigenvalue weighted by molar-refractivity contribution is 5.76. The van der Waals surface area contributed by atoms with Gasteiger partial charge in [0.25, 0.3) is 0 Å². The van der Waals surface area contributed by atoms with Crippen LogP contribution in [0.1, 0.15) is 22.8 Å². The average Bonchev–Trinajstić information content (AvgIpc) is 2.28. The highest BCUT2D eigenvalue weighted by atomic mass is 16.1. The second-order valence-electron chi connectivity index (χ2n) is 4.07. The van der Waals surface area contributed by atoms with Gasteiger partial charge in [-0.15, -0.1) is 0 Å². The lowest BCUT2D eigenvalue weighted by atomic mass is 10.1. The lowest BCUT2D eigenvalue weighted by Gasteiger charge is -2.22. The molecule has 0 radical (unpaired) electrons. The summed E-state index contributed by atoms with van der Waals surface area (Å²) in [6.07, 6.45) is 0.842. The van der Waals surface area contributed by atoms with Gasteiger partial charge >= 0.3 is 0 Å². The lowest BCUT2D eigenvalue weighted by Crippen LogP contribution is -2.23.